The number of methoxy groups -OCH3 is 1. The Morgan fingerprint density at radius 1 is 1.30 bits per heavy atom. The van der Waals surface area contributed by atoms with Crippen LogP contribution in [-0.2, 0) is 20.2 Å². The maximum atomic E-state index is 9.50. The summed E-state index contributed by atoms with van der Waals surface area (Å²) in [5, 5.41) is 13.9. The van der Waals surface area contributed by atoms with Gasteiger partial charge in [0.15, 0.2) is 0 Å². The Hall–Kier alpha value is -2.01. The van der Waals surface area contributed by atoms with E-state index >= 15 is 0 Å². The molecule has 2 rings (SSSR count). The summed E-state index contributed by atoms with van der Waals surface area (Å²) in [6.07, 6.45) is 0. The molecule has 0 unspecified atom stereocenters. The Bertz CT molecular complexity index is 576. The molecule has 0 amide bonds. The number of nitrogens with zero attached hydrogens (tertiary/aromatic N) is 3. The van der Waals surface area contributed by atoms with Crippen molar-refractivity contribution in [3.63, 3.8) is 0 Å². The highest BCUT2D eigenvalue weighted by Gasteiger charge is 2.16. The van der Waals surface area contributed by atoms with Crippen molar-refractivity contribution in [1.82, 2.24) is 9.78 Å². The van der Waals surface area contributed by atoms with Crippen LogP contribution < -0.4 is 9.64 Å². The minimum Gasteiger partial charge on any atom is -0.497 e. The number of aliphatic hydroxyl groups is 1. The quantitative estimate of drug-likeness (QED) is 0.905. The van der Waals surface area contributed by atoms with Gasteiger partial charge in [-0.3, -0.25) is 4.68 Å². The standard InChI is InChI=1S/C15H21N3O2/c1-11-14(10-19)15(18(3)16-11)17(2)9-12-5-7-13(20-4)8-6-12/h5-8,19H,9-10H2,1-4H3. The van der Waals surface area contributed by atoms with Gasteiger partial charge in [-0.2, -0.15) is 5.10 Å². The van der Waals surface area contributed by atoms with E-state index in [-0.39, 0.29) is 6.61 Å². The van der Waals surface area contributed by atoms with E-state index in [1.165, 1.54) is 5.56 Å². The average Bonchev–Trinajstić information content (AvgIpc) is 2.73. The van der Waals surface area contributed by atoms with Crippen molar-refractivity contribution in [2.75, 3.05) is 19.1 Å². The molecule has 0 saturated carbocycles. The van der Waals surface area contributed by atoms with Crippen LogP contribution in [0.5, 0.6) is 5.75 Å². The molecular formula is C15H21N3O2. The smallest absolute Gasteiger partial charge is 0.132 e. The molecule has 0 saturated heterocycles. The van der Waals surface area contributed by atoms with Gasteiger partial charge < -0.3 is 14.7 Å². The van der Waals surface area contributed by atoms with Crippen LogP contribution in [0.4, 0.5) is 5.82 Å². The molecule has 0 aliphatic carbocycles. The minimum absolute atomic E-state index is 0.00194. The maximum Gasteiger partial charge on any atom is 0.132 e. The number of aryl methyl sites for hydroxylation is 2. The first-order valence-corrected chi connectivity index (χ1v) is 6.54. The zero-order chi connectivity index (χ0) is 14.7. The molecular weight excluding hydrogens is 254 g/mol. The van der Waals surface area contributed by atoms with Gasteiger partial charge in [-0.1, -0.05) is 12.1 Å². The Morgan fingerprint density at radius 3 is 2.50 bits per heavy atom. The Labute approximate surface area is 119 Å². The summed E-state index contributed by atoms with van der Waals surface area (Å²) >= 11 is 0. The molecule has 0 aliphatic rings. The van der Waals surface area contributed by atoms with Crippen molar-refractivity contribution in [2.45, 2.75) is 20.1 Å². The van der Waals surface area contributed by atoms with E-state index in [0.717, 1.165) is 29.4 Å². The lowest BCUT2D eigenvalue weighted by molar-refractivity contribution is 0.281. The van der Waals surface area contributed by atoms with Crippen molar-refractivity contribution in [1.29, 1.82) is 0 Å². The maximum absolute atomic E-state index is 9.50. The lowest BCUT2D eigenvalue weighted by Gasteiger charge is -2.21. The molecule has 1 heterocycles. The van der Waals surface area contributed by atoms with Crippen molar-refractivity contribution in [3.8, 4) is 5.75 Å². The second-order valence-corrected chi connectivity index (χ2v) is 4.87. The molecule has 0 radical (unpaired) electrons. The number of hydrogen-bond acceptors (Lipinski definition) is 4. The highest BCUT2D eigenvalue weighted by Crippen LogP contribution is 2.24. The van der Waals surface area contributed by atoms with Crippen LogP contribution in [0.3, 0.4) is 0 Å². The molecule has 0 atom stereocenters. The van der Waals surface area contributed by atoms with Crippen molar-refractivity contribution >= 4 is 5.82 Å². The minimum atomic E-state index is 0.00194. The predicted molar refractivity (Wildman–Crippen MR) is 79.0 cm³/mol. The lowest BCUT2D eigenvalue weighted by atomic mass is 10.2. The van der Waals surface area contributed by atoms with Crippen molar-refractivity contribution in [2.24, 2.45) is 7.05 Å². The molecule has 0 aliphatic heterocycles. The summed E-state index contributed by atoms with van der Waals surface area (Å²) in [6.45, 7) is 2.66. The molecule has 1 aromatic heterocycles. The third-order valence-electron chi connectivity index (χ3n) is 3.41. The monoisotopic (exact) mass is 275 g/mol. The second kappa shape index (κ2) is 5.96. The molecule has 1 aromatic carbocycles. The first kappa shape index (κ1) is 14.4. The van der Waals surface area contributed by atoms with E-state index < -0.39 is 0 Å². The van der Waals surface area contributed by atoms with Crippen LogP contribution in [0.15, 0.2) is 24.3 Å². The summed E-state index contributed by atoms with van der Waals surface area (Å²) in [5.74, 6) is 1.80. The molecule has 0 fully saturated rings. The highest BCUT2D eigenvalue weighted by molar-refractivity contribution is 5.49. The van der Waals surface area contributed by atoms with Gasteiger partial charge in [0, 0.05) is 26.2 Å². The topological polar surface area (TPSA) is 50.5 Å². The van der Waals surface area contributed by atoms with Gasteiger partial charge >= 0.3 is 0 Å². The van der Waals surface area contributed by atoms with Gasteiger partial charge in [0.2, 0.25) is 0 Å². The summed E-state index contributed by atoms with van der Waals surface area (Å²) in [7, 11) is 5.55. The summed E-state index contributed by atoms with van der Waals surface area (Å²) in [6, 6.07) is 7.98. The summed E-state index contributed by atoms with van der Waals surface area (Å²) in [4.78, 5) is 2.09. The second-order valence-electron chi connectivity index (χ2n) is 4.87. The molecule has 2 aromatic rings. The van der Waals surface area contributed by atoms with E-state index in [0.29, 0.717) is 0 Å². The fourth-order valence-corrected chi connectivity index (χ4v) is 2.43. The van der Waals surface area contributed by atoms with Crippen LogP contribution in [-0.4, -0.2) is 29.0 Å². The van der Waals surface area contributed by atoms with Crippen LogP contribution in [0.2, 0.25) is 0 Å². The molecule has 108 valence electrons. The number of benzene rings is 1. The summed E-state index contributed by atoms with van der Waals surface area (Å²) in [5.41, 5.74) is 2.92. The van der Waals surface area contributed by atoms with Crippen LogP contribution >= 0.6 is 0 Å². The number of ether oxygens (including phenoxy) is 1. The number of anilines is 1. The first-order valence-electron chi connectivity index (χ1n) is 6.54. The number of hydrogen-bond donors (Lipinski definition) is 1. The number of aromatic nitrogens is 2. The average molecular weight is 275 g/mol. The van der Waals surface area contributed by atoms with E-state index in [2.05, 4.69) is 10.00 Å². The normalized spacial score (nSPS) is 10.7. The van der Waals surface area contributed by atoms with Crippen LogP contribution in [0, 0.1) is 6.92 Å². The Morgan fingerprint density at radius 2 is 1.95 bits per heavy atom. The fraction of sp³-hybridized carbons (Fsp3) is 0.400. The number of rotatable bonds is 5. The van der Waals surface area contributed by atoms with E-state index in [1.54, 1.807) is 7.11 Å². The number of aliphatic hydroxyl groups excluding tert-OH is 1. The van der Waals surface area contributed by atoms with Crippen molar-refractivity contribution in [3.05, 3.63) is 41.1 Å². The van der Waals surface area contributed by atoms with Crippen LogP contribution in [0.1, 0.15) is 16.8 Å². The highest BCUT2D eigenvalue weighted by atomic mass is 16.5. The predicted octanol–water partition coefficient (Wildman–Crippen LogP) is 1.87. The first-order chi connectivity index (χ1) is 9.56. The van der Waals surface area contributed by atoms with Crippen molar-refractivity contribution < 1.29 is 9.84 Å². The van der Waals surface area contributed by atoms with E-state index in [1.807, 2.05) is 50.0 Å². The fourth-order valence-electron chi connectivity index (χ4n) is 2.43. The molecule has 5 heteroatoms. The van der Waals surface area contributed by atoms with E-state index in [9.17, 15) is 5.11 Å². The van der Waals surface area contributed by atoms with Gasteiger partial charge in [-0.05, 0) is 24.6 Å². The molecule has 20 heavy (non-hydrogen) atoms. The zero-order valence-electron chi connectivity index (χ0n) is 12.4. The van der Waals surface area contributed by atoms with Gasteiger partial charge in [-0.15, -0.1) is 0 Å². The third kappa shape index (κ3) is 2.77. The molecule has 0 spiro atoms. The van der Waals surface area contributed by atoms with Crippen LogP contribution in [0.25, 0.3) is 0 Å². The SMILES string of the molecule is COc1ccc(CN(C)c2c(CO)c(C)nn2C)cc1. The van der Waals surface area contributed by atoms with Gasteiger partial charge in [-0.25, -0.2) is 0 Å². The lowest BCUT2D eigenvalue weighted by Crippen LogP contribution is -2.20. The van der Waals surface area contributed by atoms with E-state index in [4.69, 9.17) is 4.74 Å². The zero-order valence-corrected chi connectivity index (χ0v) is 12.4. The largest absolute Gasteiger partial charge is 0.497 e. The molecule has 0 bridgehead atoms. The van der Waals surface area contributed by atoms with Gasteiger partial charge in [0.05, 0.1) is 19.4 Å². The molecule has 5 nitrogen and oxygen atoms in total. The van der Waals surface area contributed by atoms with Gasteiger partial charge in [0.1, 0.15) is 11.6 Å². The summed E-state index contributed by atoms with van der Waals surface area (Å²) < 4.78 is 6.97. The Balaban J connectivity index is 2.21. The third-order valence-corrected chi connectivity index (χ3v) is 3.41. The molecule has 1 N–H and O–H groups in total. The van der Waals surface area contributed by atoms with Gasteiger partial charge in [0.25, 0.3) is 0 Å². The Kier molecular flexibility index (Phi) is 4.29.